The second-order valence-corrected chi connectivity index (χ2v) is 7.32. The van der Waals surface area contributed by atoms with Gasteiger partial charge in [-0.25, -0.2) is 5.43 Å². The molecule has 3 aromatic carbocycles. The fraction of sp³-hybridized carbons (Fsp3) is 0.160. The van der Waals surface area contributed by atoms with E-state index < -0.39 is 11.8 Å². The zero-order valence-electron chi connectivity index (χ0n) is 16.9. The number of nitrogens with zero attached hydrogens (tertiary/aromatic N) is 1. The Kier molecular flexibility index (Phi) is 6.38. The van der Waals surface area contributed by atoms with Gasteiger partial charge < -0.3 is 10.1 Å². The van der Waals surface area contributed by atoms with E-state index in [0.29, 0.717) is 13.2 Å². The van der Waals surface area contributed by atoms with Crippen LogP contribution in [0.15, 0.2) is 90.0 Å². The van der Waals surface area contributed by atoms with Gasteiger partial charge in [0, 0.05) is 12.5 Å². The van der Waals surface area contributed by atoms with Crippen LogP contribution < -0.4 is 15.5 Å². The van der Waals surface area contributed by atoms with Crippen molar-refractivity contribution in [3.63, 3.8) is 0 Å². The van der Waals surface area contributed by atoms with Crippen molar-refractivity contribution in [2.45, 2.75) is 12.5 Å². The number of ether oxygens (including phenoxy) is 1. The van der Waals surface area contributed by atoms with Crippen LogP contribution in [0.4, 0.5) is 0 Å². The van der Waals surface area contributed by atoms with Gasteiger partial charge in [0.15, 0.2) is 0 Å². The lowest BCUT2D eigenvalue weighted by Gasteiger charge is -2.15. The Bertz CT molecular complexity index is 1050. The van der Waals surface area contributed by atoms with Crippen LogP contribution in [-0.2, 0) is 16.2 Å². The van der Waals surface area contributed by atoms with Gasteiger partial charge in [-0.1, -0.05) is 60.7 Å². The van der Waals surface area contributed by atoms with Gasteiger partial charge in [0.05, 0.1) is 6.21 Å². The van der Waals surface area contributed by atoms with Crippen molar-refractivity contribution in [1.29, 1.82) is 0 Å². The molecule has 4 rings (SSSR count). The average molecular weight is 413 g/mol. The molecule has 2 N–H and O–H groups in total. The second kappa shape index (κ2) is 9.71. The molecule has 156 valence electrons. The Hall–Kier alpha value is -3.93. The summed E-state index contributed by atoms with van der Waals surface area (Å²) in [6.07, 6.45) is 1.54. The first-order chi connectivity index (χ1) is 15.2. The van der Waals surface area contributed by atoms with Crippen LogP contribution in [0, 0.1) is 5.92 Å². The summed E-state index contributed by atoms with van der Waals surface area (Å²) in [7, 11) is 0. The largest absolute Gasteiger partial charge is 0.489 e. The smallest absolute Gasteiger partial charge is 0.253 e. The van der Waals surface area contributed by atoms with Crippen LogP contribution in [0.1, 0.15) is 22.6 Å². The predicted molar refractivity (Wildman–Crippen MR) is 119 cm³/mol. The van der Waals surface area contributed by atoms with Gasteiger partial charge in [-0.3, -0.25) is 9.59 Å². The molecular weight excluding hydrogens is 390 g/mol. The molecule has 6 heteroatoms. The molecule has 0 radical (unpaired) electrons. The fourth-order valence-corrected chi connectivity index (χ4v) is 3.56. The third-order valence-corrected chi connectivity index (χ3v) is 5.21. The second-order valence-electron chi connectivity index (χ2n) is 7.32. The van der Waals surface area contributed by atoms with E-state index in [1.54, 1.807) is 6.21 Å². The average Bonchev–Trinajstić information content (AvgIpc) is 3.21. The summed E-state index contributed by atoms with van der Waals surface area (Å²) in [4.78, 5) is 24.8. The SMILES string of the molecule is O=C1NC[C@@H](c2ccccc2)[C@@H]1C(=O)N/N=C\c1ccc(OCc2ccccc2)cc1. The third-order valence-electron chi connectivity index (χ3n) is 5.21. The van der Waals surface area contributed by atoms with Crippen molar-refractivity contribution in [2.75, 3.05) is 6.54 Å². The van der Waals surface area contributed by atoms with Crippen LogP contribution >= 0.6 is 0 Å². The minimum atomic E-state index is -0.798. The lowest BCUT2D eigenvalue weighted by Crippen LogP contribution is -2.34. The van der Waals surface area contributed by atoms with Crippen LogP contribution in [0.25, 0.3) is 0 Å². The molecule has 1 heterocycles. The Labute approximate surface area is 180 Å². The van der Waals surface area contributed by atoms with E-state index in [2.05, 4.69) is 15.8 Å². The van der Waals surface area contributed by atoms with Crippen molar-refractivity contribution in [3.05, 3.63) is 102 Å². The molecule has 0 aromatic heterocycles. The van der Waals surface area contributed by atoms with E-state index in [1.165, 1.54) is 0 Å². The number of hydrazone groups is 1. The normalized spacial score (nSPS) is 18.0. The minimum absolute atomic E-state index is 0.204. The Balaban J connectivity index is 1.32. The molecule has 0 saturated carbocycles. The maximum Gasteiger partial charge on any atom is 0.253 e. The number of hydrogen-bond donors (Lipinski definition) is 2. The first-order valence-corrected chi connectivity index (χ1v) is 10.1. The molecule has 2 amide bonds. The van der Waals surface area contributed by atoms with Gasteiger partial charge in [-0.15, -0.1) is 0 Å². The topological polar surface area (TPSA) is 79.8 Å². The molecule has 1 saturated heterocycles. The molecule has 1 aliphatic rings. The Morgan fingerprint density at radius 1 is 1.00 bits per heavy atom. The lowest BCUT2D eigenvalue weighted by molar-refractivity contribution is -0.133. The maximum atomic E-state index is 12.6. The van der Waals surface area contributed by atoms with E-state index in [0.717, 1.165) is 22.4 Å². The quantitative estimate of drug-likeness (QED) is 0.355. The van der Waals surface area contributed by atoms with Gasteiger partial charge in [0.25, 0.3) is 5.91 Å². The van der Waals surface area contributed by atoms with E-state index >= 15 is 0 Å². The number of nitrogens with one attached hydrogen (secondary N) is 2. The van der Waals surface area contributed by atoms with Crippen LogP contribution in [0.2, 0.25) is 0 Å². The van der Waals surface area contributed by atoms with Gasteiger partial charge in [-0.05, 0) is 41.0 Å². The molecule has 3 aromatic rings. The zero-order chi connectivity index (χ0) is 21.5. The Morgan fingerprint density at radius 2 is 1.68 bits per heavy atom. The van der Waals surface area contributed by atoms with E-state index in [-0.39, 0.29) is 11.8 Å². The van der Waals surface area contributed by atoms with Gasteiger partial charge in [0.2, 0.25) is 5.91 Å². The van der Waals surface area contributed by atoms with E-state index in [4.69, 9.17) is 4.74 Å². The first-order valence-electron chi connectivity index (χ1n) is 10.1. The fourth-order valence-electron chi connectivity index (χ4n) is 3.56. The Morgan fingerprint density at radius 3 is 2.39 bits per heavy atom. The number of carbonyl (C=O) groups excluding carboxylic acids is 2. The van der Waals surface area contributed by atoms with Crippen molar-refractivity contribution in [2.24, 2.45) is 11.0 Å². The standard InChI is InChI=1S/C25H23N3O3/c29-24-23(22(16-26-24)20-9-5-2-6-10-20)25(30)28-27-15-18-11-13-21(14-12-18)31-17-19-7-3-1-4-8-19/h1-15,22-23H,16-17H2,(H,26,29)(H,28,30)/b27-15-/t22-,23-/m0/s1. The molecule has 1 fully saturated rings. The predicted octanol–water partition coefficient (Wildman–Crippen LogP) is 3.25. The maximum absolute atomic E-state index is 12.6. The molecule has 31 heavy (non-hydrogen) atoms. The molecule has 0 aliphatic carbocycles. The molecule has 6 nitrogen and oxygen atoms in total. The molecule has 0 bridgehead atoms. The van der Waals surface area contributed by atoms with Crippen LogP contribution in [0.3, 0.4) is 0 Å². The van der Waals surface area contributed by atoms with Crippen molar-refractivity contribution in [3.8, 4) is 5.75 Å². The highest BCUT2D eigenvalue weighted by molar-refractivity contribution is 6.03. The molecule has 0 spiro atoms. The summed E-state index contributed by atoms with van der Waals surface area (Å²) in [5.41, 5.74) is 5.36. The zero-order valence-corrected chi connectivity index (χ0v) is 16.9. The highest BCUT2D eigenvalue weighted by Gasteiger charge is 2.40. The van der Waals surface area contributed by atoms with E-state index in [9.17, 15) is 9.59 Å². The first kappa shape index (κ1) is 20.3. The lowest BCUT2D eigenvalue weighted by atomic mass is 9.88. The van der Waals surface area contributed by atoms with Crippen molar-refractivity contribution in [1.82, 2.24) is 10.7 Å². The summed E-state index contributed by atoms with van der Waals surface area (Å²) in [5.74, 6) is -0.944. The number of rotatable bonds is 7. The van der Waals surface area contributed by atoms with Crippen molar-refractivity contribution >= 4 is 18.0 Å². The van der Waals surface area contributed by atoms with Crippen LogP contribution in [0.5, 0.6) is 5.75 Å². The number of hydrogen-bond acceptors (Lipinski definition) is 4. The van der Waals surface area contributed by atoms with Crippen LogP contribution in [-0.4, -0.2) is 24.6 Å². The van der Waals surface area contributed by atoms with E-state index in [1.807, 2.05) is 84.9 Å². The third kappa shape index (κ3) is 5.17. The highest BCUT2D eigenvalue weighted by atomic mass is 16.5. The highest BCUT2D eigenvalue weighted by Crippen LogP contribution is 2.29. The molecule has 1 aliphatic heterocycles. The summed E-state index contributed by atoms with van der Waals surface area (Å²) >= 11 is 0. The number of benzene rings is 3. The molecule has 0 unspecified atom stereocenters. The number of amides is 2. The summed E-state index contributed by atoms with van der Waals surface area (Å²) < 4.78 is 5.76. The monoisotopic (exact) mass is 413 g/mol. The molecular formula is C25H23N3O3. The summed E-state index contributed by atoms with van der Waals surface area (Å²) in [6.45, 7) is 0.936. The van der Waals surface area contributed by atoms with Gasteiger partial charge in [-0.2, -0.15) is 5.10 Å². The summed E-state index contributed by atoms with van der Waals surface area (Å²) in [6, 6.07) is 26.9. The van der Waals surface area contributed by atoms with Crippen molar-refractivity contribution < 1.29 is 14.3 Å². The molecule has 2 atom stereocenters. The van der Waals surface area contributed by atoms with Gasteiger partial charge >= 0.3 is 0 Å². The van der Waals surface area contributed by atoms with Gasteiger partial charge in [0.1, 0.15) is 18.3 Å². The number of carbonyl (C=O) groups is 2. The summed E-state index contributed by atoms with van der Waals surface area (Å²) in [5, 5.41) is 6.80. The minimum Gasteiger partial charge on any atom is -0.489 e.